The Labute approximate surface area is 123 Å². The number of rotatable bonds is 10. The van der Waals surface area contributed by atoms with Gasteiger partial charge in [0.05, 0.1) is 26.3 Å². The Balaban J connectivity index is 2.41. The van der Waals surface area contributed by atoms with Gasteiger partial charge in [0.25, 0.3) is 0 Å². The van der Waals surface area contributed by atoms with Crippen LogP contribution in [0.25, 0.3) is 0 Å². The second-order valence-electron chi connectivity index (χ2n) is 5.09. The topological polar surface area (TPSA) is 35.1 Å². The predicted octanol–water partition coefficient (Wildman–Crippen LogP) is 2.55. The Morgan fingerprint density at radius 2 is 2.15 bits per heavy atom. The van der Waals surface area contributed by atoms with Crippen LogP contribution in [0.5, 0.6) is 11.5 Å². The van der Waals surface area contributed by atoms with E-state index in [4.69, 9.17) is 9.47 Å². The molecule has 0 aliphatic heterocycles. The van der Waals surface area contributed by atoms with E-state index in [1.807, 2.05) is 18.2 Å². The van der Waals surface area contributed by atoms with Crippen LogP contribution in [0.3, 0.4) is 0 Å². The lowest BCUT2D eigenvalue weighted by molar-refractivity contribution is -0.686. The van der Waals surface area contributed by atoms with E-state index in [-0.39, 0.29) is 0 Å². The lowest BCUT2D eigenvalue weighted by atomic mass is 10.1. The van der Waals surface area contributed by atoms with Crippen molar-refractivity contribution in [3.8, 4) is 11.5 Å². The Kier molecular flexibility index (Phi) is 7.81. The summed E-state index contributed by atoms with van der Waals surface area (Å²) in [6.07, 6.45) is 4.99. The lowest BCUT2D eigenvalue weighted by Crippen LogP contribution is -2.89. The van der Waals surface area contributed by atoms with Crippen molar-refractivity contribution in [3.05, 3.63) is 36.4 Å². The number of benzene rings is 1. The van der Waals surface area contributed by atoms with E-state index in [0.29, 0.717) is 6.04 Å². The highest BCUT2D eigenvalue weighted by molar-refractivity contribution is 5.43. The van der Waals surface area contributed by atoms with Gasteiger partial charge < -0.3 is 14.8 Å². The van der Waals surface area contributed by atoms with Crippen molar-refractivity contribution in [1.29, 1.82) is 0 Å². The van der Waals surface area contributed by atoms with Crippen molar-refractivity contribution in [2.45, 2.75) is 39.2 Å². The second-order valence-corrected chi connectivity index (χ2v) is 5.09. The summed E-state index contributed by atoms with van der Waals surface area (Å²) in [5, 5.41) is 2.37. The quantitative estimate of drug-likeness (QED) is 0.527. The second kappa shape index (κ2) is 9.43. The molecular weight excluding hydrogens is 250 g/mol. The zero-order valence-electron chi connectivity index (χ0n) is 13.0. The molecule has 2 N–H and O–H groups in total. The molecule has 3 heteroatoms. The van der Waals surface area contributed by atoms with Crippen LogP contribution in [0, 0.1) is 0 Å². The first kappa shape index (κ1) is 16.6. The van der Waals surface area contributed by atoms with Gasteiger partial charge in [-0.05, 0) is 37.5 Å². The summed E-state index contributed by atoms with van der Waals surface area (Å²) < 4.78 is 11.2. The van der Waals surface area contributed by atoms with Crippen molar-refractivity contribution in [1.82, 2.24) is 0 Å². The fraction of sp³-hybridized carbons (Fsp3) is 0.529. The molecule has 0 saturated carbocycles. The summed E-state index contributed by atoms with van der Waals surface area (Å²) in [7, 11) is 1.68. The number of nitrogens with two attached hydrogens (primary N) is 1. The number of quaternary nitrogens is 1. The number of ether oxygens (including phenoxy) is 2. The molecule has 0 spiro atoms. The maximum absolute atomic E-state index is 5.81. The first-order valence-electron chi connectivity index (χ1n) is 7.45. The van der Waals surface area contributed by atoms with Crippen LogP contribution < -0.4 is 14.8 Å². The molecule has 1 aromatic rings. The number of allylic oxidation sites excluding steroid dienone is 1. The molecule has 0 amide bonds. The third-order valence-electron chi connectivity index (χ3n) is 3.43. The van der Waals surface area contributed by atoms with Crippen molar-refractivity contribution in [3.63, 3.8) is 0 Å². The zero-order chi connectivity index (χ0) is 14.8. The Morgan fingerprint density at radius 1 is 1.35 bits per heavy atom. The molecule has 3 nitrogen and oxygen atoms in total. The SMILES string of the molecule is C=CCc1ccc(OCCC[NH2+][C@H](C)CC)c(OC)c1. The fourth-order valence-electron chi connectivity index (χ4n) is 1.96. The van der Waals surface area contributed by atoms with Crippen molar-refractivity contribution >= 4 is 0 Å². The summed E-state index contributed by atoms with van der Waals surface area (Å²) >= 11 is 0. The molecule has 0 aromatic heterocycles. The van der Waals surface area contributed by atoms with Crippen LogP contribution in [0.15, 0.2) is 30.9 Å². The molecule has 0 aliphatic rings. The third-order valence-corrected chi connectivity index (χ3v) is 3.43. The molecular formula is C17H28NO2+. The molecule has 0 saturated heterocycles. The van der Waals surface area contributed by atoms with Crippen molar-refractivity contribution < 1.29 is 14.8 Å². The molecule has 0 heterocycles. The molecule has 112 valence electrons. The maximum Gasteiger partial charge on any atom is 0.161 e. The molecule has 0 fully saturated rings. The summed E-state index contributed by atoms with van der Waals surface area (Å²) in [6, 6.07) is 6.76. The Hall–Kier alpha value is -1.48. The van der Waals surface area contributed by atoms with Crippen LogP contribution >= 0.6 is 0 Å². The van der Waals surface area contributed by atoms with Crippen molar-refractivity contribution in [2.24, 2.45) is 0 Å². The highest BCUT2D eigenvalue weighted by atomic mass is 16.5. The van der Waals surface area contributed by atoms with Crippen LogP contribution in [0.4, 0.5) is 0 Å². The first-order valence-corrected chi connectivity index (χ1v) is 7.45. The first-order chi connectivity index (χ1) is 9.71. The van der Waals surface area contributed by atoms with Crippen LogP contribution in [-0.2, 0) is 6.42 Å². The van der Waals surface area contributed by atoms with E-state index in [0.717, 1.165) is 37.5 Å². The molecule has 1 atom stereocenters. The smallest absolute Gasteiger partial charge is 0.161 e. The standard InChI is InChI=1S/C17H27NO2/c1-5-8-15-9-10-16(17(13-15)19-4)20-12-7-11-18-14(3)6-2/h5,9-10,13-14,18H,1,6-8,11-12H2,2-4H3/p+1/t14-/m1/s1. The minimum atomic E-state index is 0.697. The largest absolute Gasteiger partial charge is 0.493 e. The monoisotopic (exact) mass is 278 g/mol. The van der Waals surface area contributed by atoms with Crippen LogP contribution in [-0.4, -0.2) is 26.3 Å². The summed E-state index contributed by atoms with van der Waals surface area (Å²) in [4.78, 5) is 0. The van der Waals surface area contributed by atoms with Gasteiger partial charge in [-0.2, -0.15) is 0 Å². The van der Waals surface area contributed by atoms with E-state index >= 15 is 0 Å². The van der Waals surface area contributed by atoms with Crippen LogP contribution in [0.1, 0.15) is 32.3 Å². The highest BCUT2D eigenvalue weighted by Gasteiger charge is 2.06. The van der Waals surface area contributed by atoms with Crippen molar-refractivity contribution in [2.75, 3.05) is 20.3 Å². The minimum Gasteiger partial charge on any atom is -0.493 e. The van der Waals surface area contributed by atoms with Gasteiger partial charge in [0, 0.05) is 6.42 Å². The van der Waals surface area contributed by atoms with Gasteiger partial charge in [0.15, 0.2) is 11.5 Å². The summed E-state index contributed by atoms with van der Waals surface area (Å²) in [6.45, 7) is 10.0. The van der Waals surface area contributed by atoms with E-state index in [1.165, 1.54) is 12.0 Å². The lowest BCUT2D eigenvalue weighted by Gasteiger charge is -2.12. The molecule has 1 rings (SSSR count). The average Bonchev–Trinajstić information content (AvgIpc) is 2.47. The van der Waals surface area contributed by atoms with E-state index in [1.54, 1.807) is 7.11 Å². The third kappa shape index (κ3) is 5.66. The van der Waals surface area contributed by atoms with Gasteiger partial charge >= 0.3 is 0 Å². The van der Waals surface area contributed by atoms with E-state index in [9.17, 15) is 0 Å². The molecule has 0 unspecified atom stereocenters. The molecule has 1 aromatic carbocycles. The Morgan fingerprint density at radius 3 is 2.80 bits per heavy atom. The molecule has 0 radical (unpaired) electrons. The van der Waals surface area contributed by atoms with Gasteiger partial charge in [-0.25, -0.2) is 0 Å². The van der Waals surface area contributed by atoms with Gasteiger partial charge in [-0.3, -0.25) is 0 Å². The van der Waals surface area contributed by atoms with Gasteiger partial charge in [0.1, 0.15) is 0 Å². The van der Waals surface area contributed by atoms with Gasteiger partial charge in [-0.15, -0.1) is 6.58 Å². The van der Waals surface area contributed by atoms with Crippen LogP contribution in [0.2, 0.25) is 0 Å². The summed E-state index contributed by atoms with van der Waals surface area (Å²) in [5.41, 5.74) is 1.19. The molecule has 0 bridgehead atoms. The van der Waals surface area contributed by atoms with Gasteiger partial charge in [0.2, 0.25) is 0 Å². The Bertz CT molecular complexity index is 404. The molecule has 0 aliphatic carbocycles. The fourth-order valence-corrected chi connectivity index (χ4v) is 1.96. The number of methoxy groups -OCH3 is 1. The maximum atomic E-state index is 5.81. The number of hydrogen-bond acceptors (Lipinski definition) is 2. The minimum absolute atomic E-state index is 0.697. The van der Waals surface area contributed by atoms with Gasteiger partial charge in [-0.1, -0.05) is 19.1 Å². The van der Waals surface area contributed by atoms with E-state index in [2.05, 4.69) is 31.8 Å². The summed E-state index contributed by atoms with van der Waals surface area (Å²) in [5.74, 6) is 1.62. The highest BCUT2D eigenvalue weighted by Crippen LogP contribution is 2.28. The zero-order valence-corrected chi connectivity index (χ0v) is 13.0. The number of hydrogen-bond donors (Lipinski definition) is 1. The van der Waals surface area contributed by atoms with E-state index < -0.39 is 0 Å². The normalized spacial score (nSPS) is 11.9. The molecule has 20 heavy (non-hydrogen) atoms. The predicted molar refractivity (Wildman–Crippen MR) is 83.6 cm³/mol. The average molecular weight is 278 g/mol.